The highest BCUT2D eigenvalue weighted by molar-refractivity contribution is 5.40. The lowest BCUT2D eigenvalue weighted by molar-refractivity contribution is 0.275. The highest BCUT2D eigenvalue weighted by atomic mass is 16.3. The Bertz CT molecular complexity index is 712. The molecule has 0 amide bonds. The number of unbranched alkanes of at least 4 members (excludes halogenated alkanes) is 1. The van der Waals surface area contributed by atoms with Crippen LogP contribution < -0.4 is 0 Å². The fourth-order valence-electron chi connectivity index (χ4n) is 2.73. The van der Waals surface area contributed by atoms with Crippen LogP contribution in [0, 0.1) is 11.8 Å². The van der Waals surface area contributed by atoms with Crippen molar-refractivity contribution >= 4 is 0 Å². The lowest BCUT2D eigenvalue weighted by atomic mass is 10.0. The van der Waals surface area contributed by atoms with Gasteiger partial charge in [-0.05, 0) is 52.8 Å². The van der Waals surface area contributed by atoms with Crippen LogP contribution in [0.1, 0.15) is 46.2 Å². The molecule has 0 saturated heterocycles. The van der Waals surface area contributed by atoms with Gasteiger partial charge < -0.3 is 20.4 Å². The molecule has 0 saturated carbocycles. The average Bonchev–Trinajstić information content (AvgIpc) is 2.66. The van der Waals surface area contributed by atoms with E-state index in [-0.39, 0.29) is 26.4 Å². The zero-order valence-electron chi connectivity index (χ0n) is 14.2. The number of hydrogen-bond acceptors (Lipinski definition) is 4. The van der Waals surface area contributed by atoms with Crippen molar-refractivity contribution in [1.82, 2.24) is 0 Å². The molecule has 25 heavy (non-hydrogen) atoms. The van der Waals surface area contributed by atoms with Gasteiger partial charge in [-0.15, -0.1) is 0 Å². The zero-order valence-corrected chi connectivity index (χ0v) is 14.2. The van der Waals surface area contributed by atoms with Crippen LogP contribution in [0.15, 0.2) is 36.4 Å². The summed E-state index contributed by atoms with van der Waals surface area (Å²) in [4.78, 5) is 0. The molecule has 0 aliphatic rings. The zero-order chi connectivity index (χ0) is 18.1. The predicted molar refractivity (Wildman–Crippen MR) is 96.4 cm³/mol. The molecule has 132 valence electrons. The summed E-state index contributed by atoms with van der Waals surface area (Å²) in [5.41, 5.74) is 4.99. The van der Waals surface area contributed by atoms with E-state index in [1.54, 1.807) is 12.1 Å². The molecule has 0 bridgehead atoms. The van der Waals surface area contributed by atoms with Crippen molar-refractivity contribution in [2.75, 3.05) is 0 Å². The van der Waals surface area contributed by atoms with Crippen molar-refractivity contribution in [1.29, 1.82) is 0 Å². The Balaban J connectivity index is 1.95. The molecule has 0 unspecified atom stereocenters. The second kappa shape index (κ2) is 9.97. The molecule has 4 nitrogen and oxygen atoms in total. The minimum atomic E-state index is -0.0725. The third-order valence-electron chi connectivity index (χ3n) is 3.90. The van der Waals surface area contributed by atoms with Gasteiger partial charge in [0.15, 0.2) is 0 Å². The lowest BCUT2D eigenvalue weighted by Gasteiger charge is -2.06. The van der Waals surface area contributed by atoms with Crippen molar-refractivity contribution in [2.45, 2.75) is 45.7 Å². The molecule has 0 radical (unpaired) electrons. The molecule has 0 heterocycles. The normalized spacial score (nSPS) is 10.4. The van der Waals surface area contributed by atoms with Gasteiger partial charge in [-0.3, -0.25) is 0 Å². The third-order valence-corrected chi connectivity index (χ3v) is 3.90. The fraction of sp³-hybridized carbons (Fsp3) is 0.333. The van der Waals surface area contributed by atoms with E-state index in [0.717, 1.165) is 52.6 Å². The van der Waals surface area contributed by atoms with Gasteiger partial charge >= 0.3 is 0 Å². The molecule has 2 rings (SSSR count). The van der Waals surface area contributed by atoms with E-state index in [1.165, 1.54) is 0 Å². The van der Waals surface area contributed by atoms with Crippen molar-refractivity contribution in [3.8, 4) is 11.8 Å². The lowest BCUT2D eigenvalue weighted by Crippen LogP contribution is -1.94. The first-order valence-electron chi connectivity index (χ1n) is 8.35. The molecule has 2 aromatic carbocycles. The maximum Gasteiger partial charge on any atom is 0.0682 e. The summed E-state index contributed by atoms with van der Waals surface area (Å²) in [7, 11) is 0. The first-order valence-corrected chi connectivity index (χ1v) is 8.35. The highest BCUT2D eigenvalue weighted by Crippen LogP contribution is 2.14. The van der Waals surface area contributed by atoms with Gasteiger partial charge in [0.1, 0.15) is 0 Å². The maximum atomic E-state index is 9.26. The molecule has 0 spiro atoms. The van der Waals surface area contributed by atoms with Gasteiger partial charge in [-0.2, -0.15) is 0 Å². The van der Waals surface area contributed by atoms with E-state index in [0.29, 0.717) is 0 Å². The van der Waals surface area contributed by atoms with Crippen LogP contribution in [0.2, 0.25) is 0 Å². The predicted octanol–water partition coefficient (Wildman–Crippen LogP) is 2.03. The highest BCUT2D eigenvalue weighted by Gasteiger charge is 2.01. The second-order valence-electron chi connectivity index (χ2n) is 5.98. The van der Waals surface area contributed by atoms with E-state index in [4.69, 9.17) is 0 Å². The molecule has 4 N–H and O–H groups in total. The van der Waals surface area contributed by atoms with Gasteiger partial charge in [0.05, 0.1) is 26.4 Å². The van der Waals surface area contributed by atoms with E-state index >= 15 is 0 Å². The number of aliphatic hydroxyl groups excluding tert-OH is 4. The summed E-state index contributed by atoms with van der Waals surface area (Å²) >= 11 is 0. The van der Waals surface area contributed by atoms with Crippen LogP contribution in [0.3, 0.4) is 0 Å². The molecule has 0 fully saturated rings. The molecule has 0 aromatic heterocycles. The van der Waals surface area contributed by atoms with Crippen LogP contribution in [0.25, 0.3) is 0 Å². The Kier molecular flexibility index (Phi) is 7.65. The van der Waals surface area contributed by atoms with Gasteiger partial charge in [0.25, 0.3) is 0 Å². The summed E-state index contributed by atoms with van der Waals surface area (Å²) < 4.78 is 0. The number of rotatable bonds is 7. The number of benzene rings is 2. The molecule has 4 heteroatoms. The summed E-state index contributed by atoms with van der Waals surface area (Å²) in [5, 5.41) is 37.0. The first kappa shape index (κ1) is 19.2. The van der Waals surface area contributed by atoms with E-state index in [9.17, 15) is 20.4 Å². The molecule has 0 atom stereocenters. The van der Waals surface area contributed by atoms with E-state index in [1.807, 2.05) is 24.3 Å². The third kappa shape index (κ3) is 6.00. The van der Waals surface area contributed by atoms with Crippen LogP contribution in [0.5, 0.6) is 0 Å². The number of hydrogen-bond donors (Lipinski definition) is 4. The minimum Gasteiger partial charge on any atom is -0.392 e. The standard InChI is InChI=1S/C21H24O4/c22-12-18-6-16(7-19(10-18)13-23)4-2-1-3-5-17-8-20(14-24)11-21(9-17)15-25/h6-11,22-25H,1-2,4,12-15H2. The largest absolute Gasteiger partial charge is 0.392 e. The number of aryl methyl sites for hydroxylation is 1. The number of aliphatic hydroxyl groups is 4. The Morgan fingerprint density at radius 1 is 0.600 bits per heavy atom. The smallest absolute Gasteiger partial charge is 0.0682 e. The minimum absolute atomic E-state index is 0.0327. The monoisotopic (exact) mass is 340 g/mol. The Morgan fingerprint density at radius 2 is 1.04 bits per heavy atom. The SMILES string of the molecule is OCc1cc(C#CCCCc2cc(CO)cc(CO)c2)cc(CO)c1. The Labute approximate surface area is 148 Å². The summed E-state index contributed by atoms with van der Waals surface area (Å²) in [5.74, 6) is 6.19. The van der Waals surface area contributed by atoms with Crippen LogP contribution in [0.4, 0.5) is 0 Å². The fourth-order valence-corrected chi connectivity index (χ4v) is 2.73. The second-order valence-corrected chi connectivity index (χ2v) is 5.98. The van der Waals surface area contributed by atoms with E-state index in [2.05, 4.69) is 11.8 Å². The van der Waals surface area contributed by atoms with Crippen molar-refractivity contribution < 1.29 is 20.4 Å². The van der Waals surface area contributed by atoms with Crippen molar-refractivity contribution in [3.63, 3.8) is 0 Å². The van der Waals surface area contributed by atoms with E-state index < -0.39 is 0 Å². The van der Waals surface area contributed by atoms with Crippen LogP contribution in [-0.4, -0.2) is 20.4 Å². The summed E-state index contributed by atoms with van der Waals surface area (Å²) in [6, 6.07) is 11.1. The van der Waals surface area contributed by atoms with Gasteiger partial charge in [0.2, 0.25) is 0 Å². The Morgan fingerprint density at radius 3 is 1.52 bits per heavy atom. The molecular weight excluding hydrogens is 316 g/mol. The maximum absolute atomic E-state index is 9.26. The summed E-state index contributed by atoms with van der Waals surface area (Å²) in [6.07, 6.45) is 2.42. The van der Waals surface area contributed by atoms with Crippen molar-refractivity contribution in [3.05, 3.63) is 69.8 Å². The van der Waals surface area contributed by atoms with Crippen LogP contribution >= 0.6 is 0 Å². The Hall–Kier alpha value is -2.16. The first-order chi connectivity index (χ1) is 12.2. The van der Waals surface area contributed by atoms with Gasteiger partial charge in [0, 0.05) is 12.0 Å². The molecule has 2 aromatic rings. The van der Waals surface area contributed by atoms with Crippen LogP contribution in [-0.2, 0) is 32.8 Å². The van der Waals surface area contributed by atoms with Gasteiger partial charge in [-0.25, -0.2) is 0 Å². The quantitative estimate of drug-likeness (QED) is 0.459. The van der Waals surface area contributed by atoms with Gasteiger partial charge in [-0.1, -0.05) is 36.1 Å². The van der Waals surface area contributed by atoms with Crippen molar-refractivity contribution in [2.24, 2.45) is 0 Å². The molecular formula is C21H24O4. The molecule has 0 aliphatic heterocycles. The summed E-state index contributed by atoms with van der Waals surface area (Å²) in [6.45, 7) is -0.210. The average molecular weight is 340 g/mol. The molecule has 0 aliphatic carbocycles. The topological polar surface area (TPSA) is 80.9 Å².